The number of aromatic amines is 2. The van der Waals surface area contributed by atoms with E-state index in [4.69, 9.17) is 4.74 Å². The number of amides is 4. The van der Waals surface area contributed by atoms with Crippen molar-refractivity contribution in [2.24, 2.45) is 0 Å². The average molecular weight is 665 g/mol. The van der Waals surface area contributed by atoms with Gasteiger partial charge in [0.05, 0.1) is 13.7 Å². The molecule has 47 heavy (non-hydrogen) atoms. The largest absolute Gasteiger partial charge is 0.468 e. The summed E-state index contributed by atoms with van der Waals surface area (Å²) in [6.45, 7) is 5.17. The van der Waals surface area contributed by atoms with Crippen LogP contribution in [-0.4, -0.2) is 111 Å². The molecule has 0 aliphatic heterocycles. The van der Waals surface area contributed by atoms with E-state index in [2.05, 4.69) is 25.3 Å². The van der Waals surface area contributed by atoms with Crippen molar-refractivity contribution in [1.82, 2.24) is 39.5 Å². The summed E-state index contributed by atoms with van der Waals surface area (Å²) in [6, 6.07) is 0. The molecule has 0 aliphatic carbocycles. The van der Waals surface area contributed by atoms with Gasteiger partial charge in [0.25, 0.3) is 11.1 Å². The van der Waals surface area contributed by atoms with Gasteiger partial charge in [0.1, 0.15) is 25.2 Å². The highest BCUT2D eigenvalue weighted by Gasteiger charge is 2.22. The Hall–Kier alpha value is -5.49. The van der Waals surface area contributed by atoms with Gasteiger partial charge in [0.15, 0.2) is 0 Å². The molecule has 0 aliphatic rings. The second-order valence-corrected chi connectivity index (χ2v) is 11.4. The molecule has 0 radical (unpaired) electrons. The van der Waals surface area contributed by atoms with Crippen molar-refractivity contribution in [3.63, 3.8) is 0 Å². The molecule has 2 aromatic heterocycles. The van der Waals surface area contributed by atoms with Crippen molar-refractivity contribution >= 4 is 29.8 Å². The second-order valence-electron chi connectivity index (χ2n) is 11.4. The van der Waals surface area contributed by atoms with Crippen LogP contribution in [0.15, 0.2) is 31.6 Å². The topological polar surface area (TPSA) is 244 Å². The number of ether oxygens (including phenoxy) is 2. The lowest BCUT2D eigenvalue weighted by molar-refractivity contribution is -0.147. The van der Waals surface area contributed by atoms with Crippen LogP contribution in [0.2, 0.25) is 0 Å². The second kappa shape index (κ2) is 16.7. The van der Waals surface area contributed by atoms with Gasteiger partial charge in [0, 0.05) is 49.7 Å². The Morgan fingerprint density at radius 2 is 1.21 bits per heavy atom. The third-order valence-electron chi connectivity index (χ3n) is 6.33. The Balaban J connectivity index is 2.12. The fourth-order valence-corrected chi connectivity index (χ4v) is 3.93. The smallest absolute Gasteiger partial charge is 0.407 e. The van der Waals surface area contributed by atoms with Crippen molar-refractivity contribution in [2.75, 3.05) is 46.4 Å². The van der Waals surface area contributed by atoms with Crippen molar-refractivity contribution in [1.29, 1.82) is 0 Å². The number of hydrogen-bond donors (Lipinski definition) is 4. The number of alkyl carbamates (subject to hydrolysis) is 1. The van der Waals surface area contributed by atoms with Crippen molar-refractivity contribution in [2.45, 2.75) is 53.3 Å². The van der Waals surface area contributed by atoms with Crippen LogP contribution in [0.3, 0.4) is 0 Å². The lowest BCUT2D eigenvalue weighted by Gasteiger charge is -2.25. The SMILES string of the molecule is COC(=O)CN(CCNC(=O)CN(CCNC(=O)OC(C)(C)C)C(=O)Cn1cc(C)c(=O)[nH]c1=O)C(=O)Cn1cc(C)c(=O)[nH]c1=O. The van der Waals surface area contributed by atoms with E-state index in [1.165, 1.54) is 26.2 Å². The molecular weight excluding hydrogens is 624 g/mol. The number of methoxy groups -OCH3 is 1. The minimum absolute atomic E-state index is 0.113. The molecule has 0 bridgehead atoms. The normalized spacial score (nSPS) is 10.9. The van der Waals surface area contributed by atoms with Crippen LogP contribution in [0, 0.1) is 13.8 Å². The molecule has 19 nitrogen and oxygen atoms in total. The van der Waals surface area contributed by atoms with Crippen LogP contribution in [-0.2, 0) is 41.7 Å². The van der Waals surface area contributed by atoms with Gasteiger partial charge in [-0.25, -0.2) is 14.4 Å². The summed E-state index contributed by atoms with van der Waals surface area (Å²) in [5.41, 5.74) is -3.30. The van der Waals surface area contributed by atoms with Gasteiger partial charge in [-0.05, 0) is 34.6 Å². The zero-order chi connectivity index (χ0) is 35.5. The standard InChI is InChI=1S/C28H40N8O11/c1-17-11-35(25(43)31-23(17)41)14-20(38)33(10-8-30-27(45)47-28(3,4)5)13-19(37)29-7-9-34(16-22(40)46-6)21(39)15-36-12-18(2)24(42)32-26(36)44/h11-12H,7-10,13-16H2,1-6H3,(H,29,37)(H,30,45)(H,31,41,43)(H,32,42,44). The molecule has 0 saturated carbocycles. The predicted octanol–water partition coefficient (Wildman–Crippen LogP) is -2.83. The number of carbonyl (C=O) groups excluding carboxylic acids is 5. The van der Waals surface area contributed by atoms with Gasteiger partial charge < -0.3 is 29.9 Å². The minimum atomic E-state index is -0.833. The molecule has 0 saturated heterocycles. The van der Waals surface area contributed by atoms with Crippen LogP contribution in [0.1, 0.15) is 31.9 Å². The number of aryl methyl sites for hydroxylation is 2. The molecule has 4 amide bonds. The number of nitrogens with zero attached hydrogens (tertiary/aromatic N) is 4. The van der Waals surface area contributed by atoms with E-state index in [0.717, 1.165) is 26.0 Å². The Morgan fingerprint density at radius 1 is 0.766 bits per heavy atom. The molecule has 0 spiro atoms. The summed E-state index contributed by atoms with van der Waals surface area (Å²) < 4.78 is 11.7. The van der Waals surface area contributed by atoms with Crippen molar-refractivity contribution in [3.05, 3.63) is 65.2 Å². The summed E-state index contributed by atoms with van der Waals surface area (Å²) >= 11 is 0. The van der Waals surface area contributed by atoms with E-state index in [1.54, 1.807) is 20.8 Å². The quantitative estimate of drug-likeness (QED) is 0.150. The zero-order valence-corrected chi connectivity index (χ0v) is 27.1. The van der Waals surface area contributed by atoms with Gasteiger partial charge in [-0.3, -0.25) is 47.9 Å². The molecule has 0 fully saturated rings. The number of esters is 1. The summed E-state index contributed by atoms with van der Waals surface area (Å²) in [5, 5.41) is 5.02. The third-order valence-corrected chi connectivity index (χ3v) is 6.33. The van der Waals surface area contributed by atoms with Gasteiger partial charge in [0.2, 0.25) is 17.7 Å². The molecular formula is C28H40N8O11. The number of H-pyrrole nitrogens is 2. The first-order chi connectivity index (χ1) is 21.9. The number of rotatable bonds is 14. The molecule has 2 rings (SSSR count). The molecule has 2 aromatic rings. The summed E-state index contributed by atoms with van der Waals surface area (Å²) in [7, 11) is 1.12. The lowest BCUT2D eigenvalue weighted by Crippen LogP contribution is -2.48. The van der Waals surface area contributed by atoms with Crippen LogP contribution in [0.5, 0.6) is 0 Å². The first kappa shape index (κ1) is 37.7. The molecule has 0 unspecified atom stereocenters. The van der Waals surface area contributed by atoms with Crippen LogP contribution in [0.25, 0.3) is 0 Å². The maximum Gasteiger partial charge on any atom is 0.407 e. The number of aromatic nitrogens is 4. The van der Waals surface area contributed by atoms with Crippen LogP contribution >= 0.6 is 0 Å². The summed E-state index contributed by atoms with van der Waals surface area (Å²) in [6.07, 6.45) is 1.64. The van der Waals surface area contributed by atoms with Crippen LogP contribution in [0.4, 0.5) is 4.79 Å². The maximum absolute atomic E-state index is 13.2. The highest BCUT2D eigenvalue weighted by atomic mass is 16.6. The maximum atomic E-state index is 13.2. The molecule has 258 valence electrons. The van der Waals surface area contributed by atoms with Gasteiger partial charge >= 0.3 is 23.4 Å². The third kappa shape index (κ3) is 12.4. The first-order valence-corrected chi connectivity index (χ1v) is 14.4. The summed E-state index contributed by atoms with van der Waals surface area (Å²) in [5.74, 6) is -2.83. The molecule has 0 aromatic carbocycles. The van der Waals surface area contributed by atoms with E-state index >= 15 is 0 Å². The fourth-order valence-electron chi connectivity index (χ4n) is 3.93. The Morgan fingerprint density at radius 3 is 1.66 bits per heavy atom. The van der Waals surface area contributed by atoms with Crippen molar-refractivity contribution in [3.8, 4) is 0 Å². The predicted molar refractivity (Wildman–Crippen MR) is 165 cm³/mol. The Kier molecular flexibility index (Phi) is 13.4. The molecule has 0 atom stereocenters. The number of nitrogens with one attached hydrogen (secondary N) is 4. The highest BCUT2D eigenvalue weighted by molar-refractivity contribution is 5.85. The van der Waals surface area contributed by atoms with Gasteiger partial charge in [-0.1, -0.05) is 0 Å². The first-order valence-electron chi connectivity index (χ1n) is 14.4. The molecule has 2 heterocycles. The van der Waals surface area contributed by atoms with Gasteiger partial charge in [-0.2, -0.15) is 0 Å². The van der Waals surface area contributed by atoms with E-state index < -0.39 is 84.1 Å². The Labute approximate surface area is 267 Å². The van der Waals surface area contributed by atoms with Gasteiger partial charge in [-0.15, -0.1) is 0 Å². The lowest BCUT2D eigenvalue weighted by atomic mass is 10.2. The fraction of sp³-hybridized carbons (Fsp3) is 0.536. The molecule has 19 heteroatoms. The van der Waals surface area contributed by atoms with E-state index in [1.807, 2.05) is 0 Å². The van der Waals surface area contributed by atoms with E-state index in [9.17, 15) is 43.2 Å². The number of hydrogen-bond acceptors (Lipinski definition) is 11. The Bertz CT molecular complexity index is 1710. The van der Waals surface area contributed by atoms with Crippen molar-refractivity contribution < 1.29 is 33.4 Å². The monoisotopic (exact) mass is 664 g/mol. The minimum Gasteiger partial charge on any atom is -0.468 e. The summed E-state index contributed by atoms with van der Waals surface area (Å²) in [4.78, 5) is 117. The van der Waals surface area contributed by atoms with Crippen LogP contribution < -0.4 is 33.1 Å². The zero-order valence-electron chi connectivity index (χ0n) is 27.1. The number of carbonyl (C=O) groups is 5. The average Bonchev–Trinajstić information content (AvgIpc) is 2.96. The highest BCUT2D eigenvalue weighted by Crippen LogP contribution is 2.06. The van der Waals surface area contributed by atoms with E-state index in [0.29, 0.717) is 0 Å². The molecule has 4 N–H and O–H groups in total. The van der Waals surface area contributed by atoms with E-state index in [-0.39, 0.29) is 37.3 Å².